The fourth-order valence-electron chi connectivity index (χ4n) is 3.69. The minimum absolute atomic E-state index is 0.148. The maximum atomic E-state index is 14.0. The molecule has 2 aliphatic heterocycles. The average molecular weight is 341 g/mol. The number of hydrogen-bond donors (Lipinski definition) is 0. The summed E-state index contributed by atoms with van der Waals surface area (Å²) in [6.45, 7) is 5.43. The quantitative estimate of drug-likeness (QED) is 0.858. The fraction of sp³-hybridized carbons (Fsp3) is 0.474. The van der Waals surface area contributed by atoms with E-state index in [2.05, 4.69) is 30.7 Å². The maximum Gasteiger partial charge on any atom is 0.146 e. The van der Waals surface area contributed by atoms with Gasteiger partial charge in [0, 0.05) is 45.3 Å². The number of hydrogen-bond acceptors (Lipinski definition) is 5. The number of piperidine rings is 1. The Bertz CT molecular complexity index is 708. The molecule has 1 aromatic carbocycles. The van der Waals surface area contributed by atoms with Gasteiger partial charge < -0.3 is 14.7 Å². The van der Waals surface area contributed by atoms with E-state index in [1.165, 1.54) is 25.3 Å². The summed E-state index contributed by atoms with van der Waals surface area (Å²) >= 11 is 0. The lowest BCUT2D eigenvalue weighted by Gasteiger charge is -2.37. The van der Waals surface area contributed by atoms with Gasteiger partial charge in [0.2, 0.25) is 0 Å². The molecule has 0 bridgehead atoms. The maximum absolute atomic E-state index is 14.0. The van der Waals surface area contributed by atoms with Crippen LogP contribution in [0.5, 0.6) is 0 Å². The number of anilines is 3. The Hall–Kier alpha value is -2.37. The van der Waals surface area contributed by atoms with Crippen LogP contribution < -0.4 is 14.7 Å². The largest absolute Gasteiger partial charge is 0.366 e. The monoisotopic (exact) mass is 341 g/mol. The van der Waals surface area contributed by atoms with Gasteiger partial charge in [-0.1, -0.05) is 12.1 Å². The van der Waals surface area contributed by atoms with Gasteiger partial charge in [-0.05, 0) is 31.4 Å². The van der Waals surface area contributed by atoms with Crippen LogP contribution in [-0.2, 0) is 0 Å². The number of rotatable bonds is 3. The van der Waals surface area contributed by atoms with Gasteiger partial charge in [-0.3, -0.25) is 0 Å². The molecule has 2 aromatic rings. The molecule has 2 aliphatic rings. The van der Waals surface area contributed by atoms with Crippen LogP contribution in [0.2, 0.25) is 0 Å². The van der Waals surface area contributed by atoms with Crippen LogP contribution in [0.25, 0.3) is 0 Å². The predicted molar refractivity (Wildman–Crippen MR) is 98.9 cm³/mol. The van der Waals surface area contributed by atoms with E-state index in [1.807, 2.05) is 12.1 Å². The Morgan fingerprint density at radius 3 is 2.00 bits per heavy atom. The third-order valence-corrected chi connectivity index (χ3v) is 5.12. The lowest BCUT2D eigenvalue weighted by Crippen LogP contribution is -2.47. The van der Waals surface area contributed by atoms with E-state index < -0.39 is 0 Å². The van der Waals surface area contributed by atoms with Crippen molar-refractivity contribution in [2.45, 2.75) is 19.3 Å². The van der Waals surface area contributed by atoms with Crippen molar-refractivity contribution in [1.82, 2.24) is 9.97 Å². The molecule has 6 heteroatoms. The molecular weight excluding hydrogens is 317 g/mol. The molecule has 0 atom stereocenters. The van der Waals surface area contributed by atoms with E-state index >= 15 is 0 Å². The summed E-state index contributed by atoms with van der Waals surface area (Å²) in [6, 6.07) is 9.10. The molecule has 0 aliphatic carbocycles. The van der Waals surface area contributed by atoms with Crippen molar-refractivity contribution < 1.29 is 4.39 Å². The Kier molecular flexibility index (Phi) is 4.68. The number of halogens is 1. The standard InChI is InChI=1S/C19H24FN5/c20-16-6-2-3-7-17(16)23-10-12-25(13-11-23)19-14-18(21-15-22-19)24-8-4-1-5-9-24/h2-3,6-7,14-15H,1,4-5,8-13H2. The van der Waals surface area contributed by atoms with E-state index in [0.29, 0.717) is 5.69 Å². The summed E-state index contributed by atoms with van der Waals surface area (Å²) in [5.74, 6) is 1.86. The van der Waals surface area contributed by atoms with Crippen molar-refractivity contribution in [3.8, 4) is 0 Å². The highest BCUT2D eigenvalue weighted by atomic mass is 19.1. The lowest BCUT2D eigenvalue weighted by molar-refractivity contribution is 0.572. The van der Waals surface area contributed by atoms with Crippen LogP contribution in [0.1, 0.15) is 19.3 Å². The molecule has 3 heterocycles. The van der Waals surface area contributed by atoms with Gasteiger partial charge >= 0.3 is 0 Å². The second-order valence-electron chi connectivity index (χ2n) is 6.71. The lowest BCUT2D eigenvalue weighted by atomic mass is 10.1. The van der Waals surface area contributed by atoms with E-state index in [1.54, 1.807) is 12.4 Å². The molecule has 0 amide bonds. The molecule has 0 spiro atoms. The van der Waals surface area contributed by atoms with Gasteiger partial charge in [0.25, 0.3) is 0 Å². The van der Waals surface area contributed by atoms with Crippen molar-refractivity contribution in [3.05, 3.63) is 42.5 Å². The summed E-state index contributed by atoms with van der Waals surface area (Å²) in [5.41, 5.74) is 0.693. The zero-order valence-corrected chi connectivity index (χ0v) is 14.4. The first-order valence-corrected chi connectivity index (χ1v) is 9.13. The Balaban J connectivity index is 1.43. The first kappa shape index (κ1) is 16.1. The Morgan fingerprint density at radius 2 is 1.32 bits per heavy atom. The molecule has 0 radical (unpaired) electrons. The summed E-state index contributed by atoms with van der Waals surface area (Å²) in [4.78, 5) is 15.7. The van der Waals surface area contributed by atoms with Crippen molar-refractivity contribution in [2.75, 3.05) is 54.0 Å². The zero-order chi connectivity index (χ0) is 17.1. The second-order valence-corrected chi connectivity index (χ2v) is 6.71. The smallest absolute Gasteiger partial charge is 0.146 e. The number of benzene rings is 1. The third kappa shape index (κ3) is 3.52. The molecule has 25 heavy (non-hydrogen) atoms. The molecule has 0 unspecified atom stereocenters. The highest BCUT2D eigenvalue weighted by Gasteiger charge is 2.21. The minimum atomic E-state index is -0.148. The SMILES string of the molecule is Fc1ccccc1N1CCN(c2cc(N3CCCCC3)ncn2)CC1. The van der Waals surface area contributed by atoms with Gasteiger partial charge in [0.15, 0.2) is 0 Å². The normalized spacial score (nSPS) is 18.5. The summed E-state index contributed by atoms with van der Waals surface area (Å²) in [6.07, 6.45) is 5.45. The topological polar surface area (TPSA) is 35.5 Å². The van der Waals surface area contributed by atoms with Gasteiger partial charge in [-0.15, -0.1) is 0 Å². The third-order valence-electron chi connectivity index (χ3n) is 5.12. The van der Waals surface area contributed by atoms with Gasteiger partial charge in [-0.25, -0.2) is 14.4 Å². The van der Waals surface area contributed by atoms with Crippen LogP contribution in [0.15, 0.2) is 36.7 Å². The van der Waals surface area contributed by atoms with Gasteiger partial charge in [-0.2, -0.15) is 0 Å². The molecule has 0 N–H and O–H groups in total. The fourth-order valence-corrected chi connectivity index (χ4v) is 3.69. The van der Waals surface area contributed by atoms with E-state index in [9.17, 15) is 4.39 Å². The molecule has 132 valence electrons. The molecular formula is C19H24FN5. The van der Waals surface area contributed by atoms with Crippen molar-refractivity contribution in [1.29, 1.82) is 0 Å². The Morgan fingerprint density at radius 1 is 0.720 bits per heavy atom. The summed E-state index contributed by atoms with van der Waals surface area (Å²) < 4.78 is 14.0. The highest BCUT2D eigenvalue weighted by Crippen LogP contribution is 2.24. The first-order chi connectivity index (χ1) is 12.3. The molecule has 5 nitrogen and oxygen atoms in total. The number of nitrogens with zero attached hydrogens (tertiary/aromatic N) is 5. The first-order valence-electron chi connectivity index (χ1n) is 9.13. The van der Waals surface area contributed by atoms with Gasteiger partial charge in [0.1, 0.15) is 23.8 Å². The summed E-state index contributed by atoms with van der Waals surface area (Å²) in [7, 11) is 0. The number of aromatic nitrogens is 2. The van der Waals surface area contributed by atoms with E-state index in [0.717, 1.165) is 50.9 Å². The molecule has 4 rings (SSSR count). The van der Waals surface area contributed by atoms with E-state index in [4.69, 9.17) is 0 Å². The van der Waals surface area contributed by atoms with Crippen LogP contribution in [0, 0.1) is 5.82 Å². The molecule has 1 aromatic heterocycles. The second kappa shape index (κ2) is 7.25. The average Bonchev–Trinajstić information content (AvgIpc) is 2.69. The zero-order valence-electron chi connectivity index (χ0n) is 14.4. The Labute approximate surface area is 148 Å². The van der Waals surface area contributed by atoms with Crippen molar-refractivity contribution >= 4 is 17.3 Å². The van der Waals surface area contributed by atoms with Crippen LogP contribution in [0.4, 0.5) is 21.7 Å². The van der Waals surface area contributed by atoms with Crippen LogP contribution in [-0.4, -0.2) is 49.2 Å². The van der Waals surface area contributed by atoms with Crippen molar-refractivity contribution in [2.24, 2.45) is 0 Å². The number of piperazine rings is 1. The number of para-hydroxylation sites is 1. The van der Waals surface area contributed by atoms with E-state index in [-0.39, 0.29) is 5.82 Å². The molecule has 2 fully saturated rings. The molecule has 2 saturated heterocycles. The van der Waals surface area contributed by atoms with Gasteiger partial charge in [0.05, 0.1) is 5.69 Å². The predicted octanol–water partition coefficient (Wildman–Crippen LogP) is 2.93. The summed E-state index contributed by atoms with van der Waals surface area (Å²) in [5, 5.41) is 0. The van der Waals surface area contributed by atoms with Crippen LogP contribution >= 0.6 is 0 Å². The van der Waals surface area contributed by atoms with Crippen LogP contribution in [0.3, 0.4) is 0 Å². The minimum Gasteiger partial charge on any atom is -0.366 e. The van der Waals surface area contributed by atoms with Crippen molar-refractivity contribution in [3.63, 3.8) is 0 Å². The molecule has 0 saturated carbocycles. The highest BCUT2D eigenvalue weighted by molar-refractivity contribution is 5.53.